The molecule has 2 atom stereocenters. The van der Waals surface area contributed by atoms with E-state index < -0.39 is 0 Å². The molecule has 0 bridgehead atoms. The molecule has 3 N–H and O–H groups in total. The van der Waals surface area contributed by atoms with Gasteiger partial charge in [0.2, 0.25) is 5.88 Å². The highest BCUT2D eigenvalue weighted by Crippen LogP contribution is 2.26. The number of nitrogen functional groups attached to an aromatic ring is 1. The molecule has 1 aliphatic rings. The number of hydrogen-bond acceptors (Lipinski definition) is 5. The van der Waals surface area contributed by atoms with Gasteiger partial charge in [-0.15, -0.1) is 0 Å². The Kier molecular flexibility index (Phi) is 3.85. The first-order valence-electron chi connectivity index (χ1n) is 6.69. The minimum absolute atomic E-state index is 0.200. The van der Waals surface area contributed by atoms with Gasteiger partial charge in [0.15, 0.2) is 0 Å². The molecule has 0 aliphatic carbocycles. The summed E-state index contributed by atoms with van der Waals surface area (Å²) in [5.41, 5.74) is 6.13. The van der Waals surface area contributed by atoms with Gasteiger partial charge in [0.1, 0.15) is 11.4 Å². The largest absolute Gasteiger partial charge is 0.470 e. The zero-order chi connectivity index (χ0) is 14.0. The van der Waals surface area contributed by atoms with Crippen LogP contribution in [0.15, 0.2) is 12.1 Å². The van der Waals surface area contributed by atoms with Crippen molar-refractivity contribution in [1.82, 2.24) is 4.98 Å². The lowest BCUT2D eigenvalue weighted by molar-refractivity contribution is 0.121. The lowest BCUT2D eigenvalue weighted by Gasteiger charge is -2.22. The smallest absolute Gasteiger partial charge is 0.239 e. The predicted molar refractivity (Wildman–Crippen MR) is 76.5 cm³/mol. The van der Waals surface area contributed by atoms with Gasteiger partial charge in [-0.3, -0.25) is 0 Å². The average molecular weight is 265 g/mol. The Bertz CT molecular complexity index is 443. The Hall–Kier alpha value is -1.49. The van der Waals surface area contributed by atoms with Crippen LogP contribution in [0.4, 0.5) is 11.5 Å². The monoisotopic (exact) mass is 265 g/mol. The number of hydrogen-bond donors (Lipinski definition) is 2. The minimum Gasteiger partial charge on any atom is -0.470 e. The summed E-state index contributed by atoms with van der Waals surface area (Å²) in [5, 5.41) is 3.37. The molecule has 0 amide bonds. The van der Waals surface area contributed by atoms with Crippen molar-refractivity contribution >= 4 is 11.5 Å². The van der Waals surface area contributed by atoms with Gasteiger partial charge in [-0.2, -0.15) is 4.98 Å². The molecule has 5 heteroatoms. The fourth-order valence-corrected chi connectivity index (χ4v) is 2.01. The van der Waals surface area contributed by atoms with Crippen molar-refractivity contribution < 1.29 is 9.47 Å². The van der Waals surface area contributed by atoms with E-state index in [9.17, 15) is 0 Å². The van der Waals surface area contributed by atoms with E-state index in [-0.39, 0.29) is 11.7 Å². The van der Waals surface area contributed by atoms with Crippen molar-refractivity contribution in [1.29, 1.82) is 0 Å². The topological polar surface area (TPSA) is 69.4 Å². The van der Waals surface area contributed by atoms with Gasteiger partial charge in [0, 0.05) is 6.61 Å². The number of aromatic nitrogens is 1. The molecule has 5 nitrogen and oxygen atoms in total. The van der Waals surface area contributed by atoms with Gasteiger partial charge in [-0.05, 0) is 46.2 Å². The quantitative estimate of drug-likeness (QED) is 0.878. The molecule has 1 aliphatic heterocycles. The van der Waals surface area contributed by atoms with Crippen LogP contribution in [0.5, 0.6) is 5.88 Å². The summed E-state index contributed by atoms with van der Waals surface area (Å²) in [6.07, 6.45) is 1.19. The summed E-state index contributed by atoms with van der Waals surface area (Å²) < 4.78 is 11.3. The Morgan fingerprint density at radius 3 is 2.74 bits per heavy atom. The van der Waals surface area contributed by atoms with Crippen molar-refractivity contribution in [3.05, 3.63) is 12.1 Å². The SMILES string of the molecule is CC1OCCC1Nc1ccc(N)c(OC(C)(C)C)n1. The molecule has 2 unspecified atom stereocenters. The normalized spacial score (nSPS) is 23.4. The third kappa shape index (κ3) is 3.73. The molecule has 1 saturated heterocycles. The highest BCUT2D eigenvalue weighted by atomic mass is 16.5. The van der Waals surface area contributed by atoms with Crippen LogP contribution >= 0.6 is 0 Å². The molecule has 0 saturated carbocycles. The van der Waals surface area contributed by atoms with Gasteiger partial charge < -0.3 is 20.5 Å². The van der Waals surface area contributed by atoms with Crippen LogP contribution in [0.2, 0.25) is 0 Å². The maximum atomic E-state index is 5.89. The molecule has 0 aromatic carbocycles. The Labute approximate surface area is 114 Å². The molecular weight excluding hydrogens is 242 g/mol. The highest BCUT2D eigenvalue weighted by Gasteiger charge is 2.24. The maximum Gasteiger partial charge on any atom is 0.239 e. The molecule has 106 valence electrons. The van der Waals surface area contributed by atoms with E-state index >= 15 is 0 Å². The molecular formula is C14H23N3O2. The number of anilines is 2. The second-order valence-electron chi connectivity index (χ2n) is 5.92. The number of rotatable bonds is 3. The molecule has 0 radical (unpaired) electrons. The van der Waals surface area contributed by atoms with E-state index in [1.54, 1.807) is 0 Å². The van der Waals surface area contributed by atoms with E-state index in [1.165, 1.54) is 0 Å². The van der Waals surface area contributed by atoms with E-state index in [4.69, 9.17) is 15.2 Å². The third-order valence-electron chi connectivity index (χ3n) is 3.00. The molecule has 1 fully saturated rings. The number of nitrogens with one attached hydrogen (secondary N) is 1. The fraction of sp³-hybridized carbons (Fsp3) is 0.643. The molecule has 1 aromatic rings. The Morgan fingerprint density at radius 2 is 2.16 bits per heavy atom. The number of nitrogens with zero attached hydrogens (tertiary/aromatic N) is 1. The molecule has 2 rings (SSSR count). The van der Waals surface area contributed by atoms with Crippen LogP contribution in [0.3, 0.4) is 0 Å². The van der Waals surface area contributed by atoms with Crippen molar-refractivity contribution in [3.63, 3.8) is 0 Å². The fourth-order valence-electron chi connectivity index (χ4n) is 2.01. The second-order valence-corrected chi connectivity index (χ2v) is 5.92. The maximum absolute atomic E-state index is 5.89. The van der Waals surface area contributed by atoms with Gasteiger partial charge in [-0.1, -0.05) is 0 Å². The van der Waals surface area contributed by atoms with Crippen LogP contribution in [-0.2, 0) is 4.74 Å². The van der Waals surface area contributed by atoms with E-state index in [1.807, 2.05) is 32.9 Å². The molecule has 19 heavy (non-hydrogen) atoms. The second kappa shape index (κ2) is 5.25. The lowest BCUT2D eigenvalue weighted by atomic mass is 10.1. The Morgan fingerprint density at radius 1 is 1.42 bits per heavy atom. The van der Waals surface area contributed by atoms with Crippen LogP contribution < -0.4 is 15.8 Å². The standard InChI is InChI=1S/C14H23N3O2/c1-9-11(7-8-18-9)16-12-6-5-10(15)13(17-12)19-14(2,3)4/h5-6,9,11H,7-8,15H2,1-4H3,(H,16,17). The average Bonchev–Trinajstić information content (AvgIpc) is 2.67. The minimum atomic E-state index is -0.316. The molecule has 2 heterocycles. The summed E-state index contributed by atoms with van der Waals surface area (Å²) in [5.74, 6) is 1.25. The van der Waals surface area contributed by atoms with Gasteiger partial charge in [0.05, 0.1) is 17.8 Å². The van der Waals surface area contributed by atoms with Crippen molar-refractivity contribution in [2.24, 2.45) is 0 Å². The lowest BCUT2D eigenvalue weighted by Crippen LogP contribution is -2.28. The van der Waals surface area contributed by atoms with Gasteiger partial charge in [-0.25, -0.2) is 0 Å². The first-order chi connectivity index (χ1) is 8.85. The first kappa shape index (κ1) is 13.9. The molecule has 1 aromatic heterocycles. The van der Waals surface area contributed by atoms with Crippen molar-refractivity contribution in [2.45, 2.75) is 51.9 Å². The van der Waals surface area contributed by atoms with Crippen LogP contribution in [0, 0.1) is 0 Å². The number of ether oxygens (including phenoxy) is 2. The zero-order valence-corrected chi connectivity index (χ0v) is 12.1. The summed E-state index contributed by atoms with van der Waals surface area (Å²) >= 11 is 0. The predicted octanol–water partition coefficient (Wildman–Crippen LogP) is 2.43. The van der Waals surface area contributed by atoms with Crippen molar-refractivity contribution in [3.8, 4) is 5.88 Å². The van der Waals surface area contributed by atoms with Crippen LogP contribution in [0.1, 0.15) is 34.1 Å². The first-order valence-corrected chi connectivity index (χ1v) is 6.69. The zero-order valence-electron chi connectivity index (χ0n) is 12.1. The van der Waals surface area contributed by atoms with E-state index in [0.717, 1.165) is 18.8 Å². The Balaban J connectivity index is 2.11. The summed E-state index contributed by atoms with van der Waals surface area (Å²) in [4.78, 5) is 4.44. The summed E-state index contributed by atoms with van der Waals surface area (Å²) in [6.45, 7) is 8.77. The van der Waals surface area contributed by atoms with E-state index in [2.05, 4.69) is 17.2 Å². The van der Waals surface area contributed by atoms with Crippen LogP contribution in [0.25, 0.3) is 0 Å². The van der Waals surface area contributed by atoms with Crippen molar-refractivity contribution in [2.75, 3.05) is 17.7 Å². The highest BCUT2D eigenvalue weighted by molar-refractivity contribution is 5.54. The summed E-state index contributed by atoms with van der Waals surface area (Å²) in [6, 6.07) is 3.98. The number of pyridine rings is 1. The third-order valence-corrected chi connectivity index (χ3v) is 3.00. The molecule has 0 spiro atoms. The number of nitrogens with two attached hydrogens (primary N) is 1. The van der Waals surface area contributed by atoms with Crippen LogP contribution in [-0.4, -0.2) is 29.3 Å². The van der Waals surface area contributed by atoms with Gasteiger partial charge in [0.25, 0.3) is 0 Å². The van der Waals surface area contributed by atoms with Gasteiger partial charge >= 0.3 is 0 Å². The van der Waals surface area contributed by atoms with E-state index in [0.29, 0.717) is 17.6 Å². The summed E-state index contributed by atoms with van der Waals surface area (Å²) in [7, 11) is 0.